The Balaban J connectivity index is 0.00000272. The molecule has 0 atom stereocenters. The first kappa shape index (κ1) is 23.6. The fourth-order valence-corrected chi connectivity index (χ4v) is 6.68. The summed E-state index contributed by atoms with van der Waals surface area (Å²) < 4.78 is 65.9. The van der Waals surface area contributed by atoms with Crippen molar-refractivity contribution in [2.24, 2.45) is 5.92 Å². The molecule has 0 spiro atoms. The number of ether oxygens (including phenoxy) is 1. The average Bonchev–Trinajstić information content (AvgIpc) is 3.14. The van der Waals surface area contributed by atoms with Crippen molar-refractivity contribution < 1.29 is 26.1 Å². The highest BCUT2D eigenvalue weighted by Gasteiger charge is 2.31. The van der Waals surface area contributed by atoms with E-state index in [0.717, 1.165) is 12.8 Å². The van der Waals surface area contributed by atoms with E-state index in [1.54, 1.807) is 30.3 Å². The second-order valence-corrected chi connectivity index (χ2v) is 10.8. The zero-order valence-electron chi connectivity index (χ0n) is 16.7. The minimum Gasteiger partial charge on any atom is -0.493 e. The number of nitrogens with one attached hydrogen (secondary N) is 1. The van der Waals surface area contributed by atoms with Gasteiger partial charge < -0.3 is 9.72 Å². The van der Waals surface area contributed by atoms with Crippen molar-refractivity contribution in [3.8, 4) is 5.75 Å². The monoisotopic (exact) mass is 485 g/mol. The van der Waals surface area contributed by atoms with E-state index in [1.165, 1.54) is 37.5 Å². The van der Waals surface area contributed by atoms with E-state index in [0.29, 0.717) is 18.3 Å². The predicted molar refractivity (Wildman–Crippen MR) is 119 cm³/mol. The van der Waals surface area contributed by atoms with Crippen LogP contribution in [0.2, 0.25) is 0 Å². The maximum absolute atomic E-state index is 13.1. The van der Waals surface area contributed by atoms with E-state index in [-0.39, 0.29) is 28.2 Å². The summed E-state index contributed by atoms with van der Waals surface area (Å²) in [5, 5.41) is -0.465. The summed E-state index contributed by atoms with van der Waals surface area (Å²) in [4.78, 5) is 1.95. The van der Waals surface area contributed by atoms with Gasteiger partial charge in [-0.15, -0.1) is 12.4 Å². The Labute approximate surface area is 187 Å². The van der Waals surface area contributed by atoms with Crippen LogP contribution < -0.4 is 4.74 Å². The molecule has 7 nitrogen and oxygen atoms in total. The summed E-state index contributed by atoms with van der Waals surface area (Å²) in [5.41, 5.74) is 0.262. The molecule has 1 aromatic heterocycles. The molecule has 168 valence electrons. The fraction of sp³-hybridized carbons (Fsp3) is 0.333. The van der Waals surface area contributed by atoms with Gasteiger partial charge in [0.2, 0.25) is 9.84 Å². The molecule has 2 aromatic carbocycles. The number of sulfone groups is 1. The summed E-state index contributed by atoms with van der Waals surface area (Å²) >= 11 is 0. The number of H-pyrrole nitrogens is 1. The smallest absolute Gasteiger partial charge is 0.298 e. The Morgan fingerprint density at radius 3 is 2.29 bits per heavy atom. The standard InChI is InChI=1S/C21H23NO6S2.ClH/c23-29(24,17-9-5-2-6-10-17)21-20(30(25,26)27)18-12-11-16(13-19(18)22-21)28-14-15-7-3-1-4-8-15;/h2,5-6,9-13,15,22H,1,3-4,7-8,14H2,(H,25,26,27);1H. The van der Waals surface area contributed by atoms with Crippen molar-refractivity contribution in [1.29, 1.82) is 0 Å². The number of hydrogen-bond acceptors (Lipinski definition) is 5. The Morgan fingerprint density at radius 2 is 1.65 bits per heavy atom. The van der Waals surface area contributed by atoms with E-state index < -0.39 is 29.9 Å². The van der Waals surface area contributed by atoms with Gasteiger partial charge in [-0.3, -0.25) is 4.55 Å². The molecule has 0 amide bonds. The number of hydrogen-bond donors (Lipinski definition) is 2. The summed E-state index contributed by atoms with van der Waals surface area (Å²) in [6.07, 6.45) is 5.89. The van der Waals surface area contributed by atoms with Gasteiger partial charge in [0.25, 0.3) is 10.1 Å². The fourth-order valence-electron chi connectivity index (χ4n) is 3.95. The minimum atomic E-state index is -4.80. The molecule has 3 aromatic rings. The van der Waals surface area contributed by atoms with Crippen molar-refractivity contribution in [3.63, 3.8) is 0 Å². The van der Waals surface area contributed by atoms with E-state index in [9.17, 15) is 21.4 Å². The van der Waals surface area contributed by atoms with Gasteiger partial charge in [0, 0.05) is 11.5 Å². The Kier molecular flexibility index (Phi) is 7.00. The highest BCUT2D eigenvalue weighted by molar-refractivity contribution is 7.92. The molecular weight excluding hydrogens is 462 g/mol. The lowest BCUT2D eigenvalue weighted by atomic mass is 9.90. The van der Waals surface area contributed by atoms with Crippen LogP contribution in [0.25, 0.3) is 10.9 Å². The molecule has 31 heavy (non-hydrogen) atoms. The maximum Gasteiger partial charge on any atom is 0.298 e. The quantitative estimate of drug-likeness (QED) is 0.492. The molecule has 1 saturated carbocycles. The molecule has 0 bridgehead atoms. The lowest BCUT2D eigenvalue weighted by Crippen LogP contribution is -2.15. The maximum atomic E-state index is 13.1. The molecule has 10 heteroatoms. The second-order valence-electron chi connectivity index (χ2n) is 7.60. The molecule has 1 fully saturated rings. The number of halogens is 1. The zero-order valence-corrected chi connectivity index (χ0v) is 19.1. The van der Waals surface area contributed by atoms with E-state index in [4.69, 9.17) is 4.74 Å². The topological polar surface area (TPSA) is 114 Å². The van der Waals surface area contributed by atoms with Crippen LogP contribution in [0.15, 0.2) is 63.3 Å². The molecule has 2 N–H and O–H groups in total. The third kappa shape index (κ3) is 4.90. The van der Waals surface area contributed by atoms with Crippen molar-refractivity contribution in [2.45, 2.75) is 46.9 Å². The highest BCUT2D eigenvalue weighted by atomic mass is 35.5. The van der Waals surface area contributed by atoms with Gasteiger partial charge in [0.05, 0.1) is 17.0 Å². The molecule has 0 unspecified atom stereocenters. The normalized spacial score (nSPS) is 15.5. The Hall–Kier alpha value is -2.07. The summed E-state index contributed by atoms with van der Waals surface area (Å²) in [6, 6.07) is 12.1. The van der Waals surface area contributed by atoms with Gasteiger partial charge in [-0.05, 0) is 43.0 Å². The molecule has 0 aliphatic heterocycles. The largest absolute Gasteiger partial charge is 0.493 e. The van der Waals surface area contributed by atoms with Crippen LogP contribution in [0.3, 0.4) is 0 Å². The molecule has 1 aliphatic rings. The summed E-state index contributed by atoms with van der Waals surface area (Å²) in [7, 11) is -8.99. The number of aromatic nitrogens is 1. The first-order chi connectivity index (χ1) is 14.3. The minimum absolute atomic E-state index is 0. The zero-order chi connectivity index (χ0) is 21.4. The average molecular weight is 486 g/mol. The number of aromatic amines is 1. The lowest BCUT2D eigenvalue weighted by Gasteiger charge is -2.21. The van der Waals surface area contributed by atoms with Crippen molar-refractivity contribution in [1.82, 2.24) is 4.98 Å². The van der Waals surface area contributed by atoms with Crippen molar-refractivity contribution in [3.05, 3.63) is 48.5 Å². The van der Waals surface area contributed by atoms with Gasteiger partial charge in [0.15, 0.2) is 5.03 Å². The van der Waals surface area contributed by atoms with E-state index in [1.807, 2.05) is 0 Å². The molecular formula is C21H24ClNO6S2. The molecule has 4 rings (SSSR count). The van der Waals surface area contributed by atoms with E-state index in [2.05, 4.69) is 4.98 Å². The van der Waals surface area contributed by atoms with Crippen LogP contribution in [0.1, 0.15) is 32.1 Å². The molecule has 1 heterocycles. The van der Waals surface area contributed by atoms with E-state index >= 15 is 0 Å². The predicted octanol–water partition coefficient (Wildman–Crippen LogP) is 4.63. The van der Waals surface area contributed by atoms with Crippen LogP contribution >= 0.6 is 12.4 Å². The van der Waals surface area contributed by atoms with Crippen LogP contribution in [0, 0.1) is 5.92 Å². The van der Waals surface area contributed by atoms with Crippen LogP contribution in [-0.2, 0) is 20.0 Å². The highest BCUT2D eigenvalue weighted by Crippen LogP contribution is 2.35. The van der Waals surface area contributed by atoms with Crippen LogP contribution in [0.4, 0.5) is 0 Å². The Bertz CT molecular complexity index is 1260. The second kappa shape index (κ2) is 9.20. The third-order valence-electron chi connectivity index (χ3n) is 5.48. The van der Waals surface area contributed by atoms with Gasteiger partial charge in [-0.1, -0.05) is 37.5 Å². The Morgan fingerprint density at radius 1 is 0.968 bits per heavy atom. The van der Waals surface area contributed by atoms with Crippen molar-refractivity contribution >= 4 is 43.3 Å². The summed E-state index contributed by atoms with van der Waals surface area (Å²) in [5.74, 6) is 1.00. The number of fused-ring (bicyclic) bond motifs is 1. The molecule has 0 radical (unpaired) electrons. The molecule has 0 saturated heterocycles. The summed E-state index contributed by atoms with van der Waals surface area (Å²) in [6.45, 7) is 0.562. The van der Waals surface area contributed by atoms with Crippen LogP contribution in [0.5, 0.6) is 5.75 Å². The van der Waals surface area contributed by atoms with Gasteiger partial charge in [-0.2, -0.15) is 8.42 Å². The van der Waals surface area contributed by atoms with Gasteiger partial charge in [-0.25, -0.2) is 8.42 Å². The molecule has 1 aliphatic carbocycles. The number of rotatable bonds is 6. The first-order valence-electron chi connectivity index (χ1n) is 9.83. The van der Waals surface area contributed by atoms with Gasteiger partial charge in [0.1, 0.15) is 10.6 Å². The SMILES string of the molecule is Cl.O=S(=O)(O)c1c(S(=O)(=O)c2ccccc2)[nH]c2cc(OCC3CCCCC3)ccc12. The third-order valence-corrected chi connectivity index (χ3v) is 8.29. The van der Waals surface area contributed by atoms with Gasteiger partial charge >= 0.3 is 0 Å². The van der Waals surface area contributed by atoms with Crippen molar-refractivity contribution in [2.75, 3.05) is 6.61 Å². The first-order valence-corrected chi connectivity index (χ1v) is 12.8. The lowest BCUT2D eigenvalue weighted by molar-refractivity contribution is 0.209. The van der Waals surface area contributed by atoms with Crippen LogP contribution in [-0.4, -0.2) is 33.0 Å². The number of benzene rings is 2.